The first-order valence-corrected chi connectivity index (χ1v) is 12.4. The van der Waals surface area contributed by atoms with E-state index in [0.717, 1.165) is 19.3 Å². The molecule has 0 saturated heterocycles. The lowest BCUT2D eigenvalue weighted by molar-refractivity contribution is -0.154. The maximum absolute atomic E-state index is 11.6. The molecule has 0 saturated carbocycles. The summed E-state index contributed by atoms with van der Waals surface area (Å²) in [4.78, 5) is 23.2. The molecule has 0 aliphatic heterocycles. The van der Waals surface area contributed by atoms with Gasteiger partial charge in [-0.3, -0.25) is 4.79 Å². The zero-order valence-electron chi connectivity index (χ0n) is 22.4. The van der Waals surface area contributed by atoms with Gasteiger partial charge in [-0.05, 0) is 79.6 Å². The zero-order valence-corrected chi connectivity index (χ0v) is 22.4. The lowest BCUT2D eigenvalue weighted by Gasteiger charge is -2.19. The molecule has 32 heavy (non-hydrogen) atoms. The van der Waals surface area contributed by atoms with Crippen molar-refractivity contribution in [3.05, 3.63) is 24.3 Å². The summed E-state index contributed by atoms with van der Waals surface area (Å²) in [5.74, 6) is 0.418. The molecule has 1 amide bonds. The molecule has 5 heteroatoms. The first-order valence-electron chi connectivity index (χ1n) is 12.4. The Balaban J connectivity index is 0. The van der Waals surface area contributed by atoms with E-state index in [0.29, 0.717) is 18.9 Å². The van der Waals surface area contributed by atoms with E-state index in [9.17, 15) is 9.59 Å². The molecule has 0 radical (unpaired) electrons. The molecule has 0 heterocycles. The Morgan fingerprint density at radius 1 is 0.844 bits per heavy atom. The summed E-state index contributed by atoms with van der Waals surface area (Å²) in [6.45, 7) is 17.9. The van der Waals surface area contributed by atoms with E-state index in [4.69, 9.17) is 9.47 Å². The van der Waals surface area contributed by atoms with Crippen LogP contribution in [0.4, 0.5) is 4.79 Å². The SMILES string of the molecule is CC.CCC(C=CCNC(=O)OC(C)(C)C)CCCCC/C=C/CCC(=O)OC(C)(C)C. The number of allylic oxidation sites excluding steroid dienone is 3. The van der Waals surface area contributed by atoms with Gasteiger partial charge in [-0.2, -0.15) is 0 Å². The molecule has 0 aromatic carbocycles. The van der Waals surface area contributed by atoms with Gasteiger partial charge in [0.1, 0.15) is 11.2 Å². The van der Waals surface area contributed by atoms with Gasteiger partial charge in [-0.25, -0.2) is 4.79 Å². The van der Waals surface area contributed by atoms with Gasteiger partial charge < -0.3 is 14.8 Å². The number of amides is 1. The highest BCUT2D eigenvalue weighted by Crippen LogP contribution is 2.16. The van der Waals surface area contributed by atoms with E-state index in [2.05, 4.69) is 30.5 Å². The highest BCUT2D eigenvalue weighted by Gasteiger charge is 2.15. The van der Waals surface area contributed by atoms with Crippen molar-refractivity contribution in [1.82, 2.24) is 5.32 Å². The van der Waals surface area contributed by atoms with Crippen LogP contribution in [0.5, 0.6) is 0 Å². The number of rotatable bonds is 13. The third kappa shape index (κ3) is 24.5. The lowest BCUT2D eigenvalue weighted by atomic mass is 9.97. The maximum atomic E-state index is 11.6. The van der Waals surface area contributed by atoms with Gasteiger partial charge in [0.05, 0.1) is 0 Å². The van der Waals surface area contributed by atoms with Crippen LogP contribution in [0.2, 0.25) is 0 Å². The number of unbranched alkanes of at least 4 members (excludes halogenated alkanes) is 3. The second-order valence-electron chi connectivity index (χ2n) is 9.71. The molecule has 0 bridgehead atoms. The summed E-state index contributed by atoms with van der Waals surface area (Å²) in [5.41, 5.74) is -0.867. The quantitative estimate of drug-likeness (QED) is 0.176. The van der Waals surface area contributed by atoms with Crippen molar-refractivity contribution in [3.8, 4) is 0 Å². The Hall–Kier alpha value is -1.78. The van der Waals surface area contributed by atoms with Crippen LogP contribution in [0.15, 0.2) is 24.3 Å². The largest absolute Gasteiger partial charge is 0.460 e. The predicted octanol–water partition coefficient (Wildman–Crippen LogP) is 7.75. The van der Waals surface area contributed by atoms with Crippen LogP contribution in [0, 0.1) is 5.92 Å². The molecular weight excluding hydrogens is 402 g/mol. The van der Waals surface area contributed by atoms with Crippen LogP contribution in [-0.4, -0.2) is 29.8 Å². The van der Waals surface area contributed by atoms with E-state index in [-0.39, 0.29) is 12.1 Å². The van der Waals surface area contributed by atoms with Gasteiger partial charge in [-0.1, -0.05) is 57.9 Å². The van der Waals surface area contributed by atoms with Crippen LogP contribution in [0.25, 0.3) is 0 Å². The minimum atomic E-state index is -0.465. The Morgan fingerprint density at radius 2 is 1.44 bits per heavy atom. The monoisotopic (exact) mass is 453 g/mol. The minimum absolute atomic E-state index is 0.132. The molecule has 1 N–H and O–H groups in total. The third-order valence-electron chi connectivity index (χ3n) is 4.24. The Kier molecular flexibility index (Phi) is 19.0. The van der Waals surface area contributed by atoms with E-state index in [1.54, 1.807) is 0 Å². The van der Waals surface area contributed by atoms with Gasteiger partial charge in [0.25, 0.3) is 0 Å². The van der Waals surface area contributed by atoms with E-state index >= 15 is 0 Å². The fourth-order valence-electron chi connectivity index (χ4n) is 2.83. The molecule has 5 nitrogen and oxygen atoms in total. The number of hydrogen-bond donors (Lipinski definition) is 1. The van der Waals surface area contributed by atoms with Crippen LogP contribution >= 0.6 is 0 Å². The summed E-state index contributed by atoms with van der Waals surface area (Å²) in [6.07, 6.45) is 16.2. The Morgan fingerprint density at radius 3 is 2.00 bits per heavy atom. The van der Waals surface area contributed by atoms with E-state index < -0.39 is 11.2 Å². The second kappa shape index (κ2) is 18.8. The smallest absolute Gasteiger partial charge is 0.407 e. The van der Waals surface area contributed by atoms with Crippen molar-refractivity contribution in [1.29, 1.82) is 0 Å². The summed E-state index contributed by atoms with van der Waals surface area (Å²) in [5, 5.41) is 2.75. The lowest BCUT2D eigenvalue weighted by Crippen LogP contribution is -2.32. The number of esters is 1. The number of nitrogens with one attached hydrogen (secondary N) is 1. The van der Waals surface area contributed by atoms with E-state index in [1.807, 2.05) is 61.5 Å². The number of alkyl carbamates (subject to hydrolysis) is 1. The molecular formula is C27H51NO4. The number of carbonyl (C=O) groups excluding carboxylic acids is 2. The van der Waals surface area contributed by atoms with E-state index in [1.165, 1.54) is 25.7 Å². The number of hydrogen-bond acceptors (Lipinski definition) is 4. The van der Waals surface area contributed by atoms with Gasteiger partial charge >= 0.3 is 12.1 Å². The summed E-state index contributed by atoms with van der Waals surface area (Å²) >= 11 is 0. The first kappa shape index (κ1) is 32.4. The fraction of sp³-hybridized carbons (Fsp3) is 0.778. The van der Waals surface area contributed by atoms with Crippen LogP contribution in [0.1, 0.15) is 114 Å². The molecule has 1 unspecified atom stereocenters. The normalized spacial score (nSPS) is 12.9. The van der Waals surface area contributed by atoms with Crippen molar-refractivity contribution in [2.75, 3.05) is 6.54 Å². The number of ether oxygens (including phenoxy) is 2. The van der Waals surface area contributed by atoms with Crippen molar-refractivity contribution in [2.24, 2.45) is 5.92 Å². The Labute approximate surface area is 198 Å². The molecule has 0 aliphatic rings. The summed E-state index contributed by atoms with van der Waals surface area (Å²) in [7, 11) is 0. The van der Waals surface area contributed by atoms with Crippen LogP contribution < -0.4 is 5.32 Å². The van der Waals surface area contributed by atoms with Crippen LogP contribution in [0.3, 0.4) is 0 Å². The molecule has 188 valence electrons. The topological polar surface area (TPSA) is 64.6 Å². The molecule has 0 rings (SSSR count). The average molecular weight is 454 g/mol. The summed E-state index contributed by atoms with van der Waals surface area (Å²) in [6, 6.07) is 0. The highest BCUT2D eigenvalue weighted by molar-refractivity contribution is 5.70. The minimum Gasteiger partial charge on any atom is -0.460 e. The molecule has 1 atom stereocenters. The summed E-state index contributed by atoms with van der Waals surface area (Å²) < 4.78 is 10.5. The van der Waals surface area contributed by atoms with Crippen molar-refractivity contribution >= 4 is 12.1 Å². The highest BCUT2D eigenvalue weighted by atomic mass is 16.6. The molecule has 0 aromatic heterocycles. The molecule has 0 fully saturated rings. The maximum Gasteiger partial charge on any atom is 0.407 e. The fourth-order valence-corrected chi connectivity index (χ4v) is 2.83. The van der Waals surface area contributed by atoms with Crippen molar-refractivity contribution < 1.29 is 19.1 Å². The number of carbonyl (C=O) groups is 2. The molecule has 0 aromatic rings. The first-order chi connectivity index (χ1) is 14.9. The standard InChI is InChI=1S/C25H45NO4.C2H6/c1-8-21(18-16-20-26-23(28)30-25(5,6)7)17-14-12-10-9-11-13-15-19-22(27)29-24(2,3)4;1-2/h11,13,16,18,21H,8-10,12,14-15,17,19-20H2,1-7H3,(H,26,28);1-2H3/b13-11+,18-16?;. The van der Waals surface area contributed by atoms with Gasteiger partial charge in [-0.15, -0.1) is 0 Å². The molecule has 0 spiro atoms. The molecule has 0 aliphatic carbocycles. The third-order valence-corrected chi connectivity index (χ3v) is 4.24. The average Bonchev–Trinajstić information content (AvgIpc) is 2.67. The second-order valence-corrected chi connectivity index (χ2v) is 9.71. The van der Waals surface area contributed by atoms with Crippen LogP contribution in [-0.2, 0) is 14.3 Å². The van der Waals surface area contributed by atoms with Gasteiger partial charge in [0.2, 0.25) is 0 Å². The Bertz CT molecular complexity index is 539. The predicted molar refractivity (Wildman–Crippen MR) is 136 cm³/mol. The zero-order chi connectivity index (χ0) is 25.0. The van der Waals surface area contributed by atoms with Gasteiger partial charge in [0.15, 0.2) is 0 Å². The van der Waals surface area contributed by atoms with Crippen molar-refractivity contribution in [3.63, 3.8) is 0 Å². The van der Waals surface area contributed by atoms with Gasteiger partial charge in [0, 0.05) is 13.0 Å². The van der Waals surface area contributed by atoms with Crippen molar-refractivity contribution in [2.45, 2.75) is 125 Å².